The molecule has 1 heterocycles. The lowest BCUT2D eigenvalue weighted by atomic mass is 10.3. The van der Waals surface area contributed by atoms with Gasteiger partial charge in [-0.15, -0.1) is 0 Å². The molecule has 0 saturated carbocycles. The van der Waals surface area contributed by atoms with E-state index in [-0.39, 0.29) is 16.4 Å². The van der Waals surface area contributed by atoms with Gasteiger partial charge in [-0.1, -0.05) is 12.1 Å². The second kappa shape index (κ2) is 5.25. The maximum atomic E-state index is 12.2. The van der Waals surface area contributed by atoms with Crippen molar-refractivity contribution >= 4 is 21.8 Å². The van der Waals surface area contributed by atoms with Gasteiger partial charge in [0.1, 0.15) is 16.4 Å². The number of sulfone groups is 1. The Labute approximate surface area is 113 Å². The molecule has 0 N–H and O–H groups in total. The number of carbonyl (C=O) groups is 1. The summed E-state index contributed by atoms with van der Waals surface area (Å²) in [5.41, 5.74) is -0.491. The van der Waals surface area contributed by atoms with Crippen LogP contribution in [0, 0.1) is 10.1 Å². The second-order valence-corrected chi connectivity index (χ2v) is 5.86. The van der Waals surface area contributed by atoms with Crippen LogP contribution in [0.5, 0.6) is 0 Å². The largest absolute Gasteiger partial charge is 0.457 e. The third kappa shape index (κ3) is 2.75. The van der Waals surface area contributed by atoms with Crippen molar-refractivity contribution in [1.82, 2.24) is 0 Å². The van der Waals surface area contributed by atoms with Crippen LogP contribution >= 0.6 is 0 Å². The van der Waals surface area contributed by atoms with E-state index in [1.54, 1.807) is 0 Å². The molecule has 0 fully saturated rings. The first-order valence-electron chi connectivity index (χ1n) is 5.44. The van der Waals surface area contributed by atoms with Gasteiger partial charge in [-0.3, -0.25) is 14.9 Å². The average molecular weight is 295 g/mol. The highest BCUT2D eigenvalue weighted by atomic mass is 32.2. The molecular formula is C12H9NO6S. The van der Waals surface area contributed by atoms with Gasteiger partial charge in [0.25, 0.3) is 5.69 Å². The standard InChI is InChI=1S/C12H9NO6S/c14-7-9-5-6-10(19-9)8-20(17,18)12-4-2-1-3-11(12)13(15)16/h1-7H,8H2. The van der Waals surface area contributed by atoms with Crippen LogP contribution in [0.15, 0.2) is 45.7 Å². The highest BCUT2D eigenvalue weighted by Gasteiger charge is 2.26. The zero-order chi connectivity index (χ0) is 14.8. The summed E-state index contributed by atoms with van der Waals surface area (Å²) in [5, 5.41) is 10.8. The predicted octanol–water partition coefficient (Wildman–Crippen LogP) is 1.97. The Morgan fingerprint density at radius 3 is 2.50 bits per heavy atom. The van der Waals surface area contributed by atoms with Crippen molar-refractivity contribution in [1.29, 1.82) is 0 Å². The Hall–Kier alpha value is -2.48. The molecule has 2 aromatic rings. The van der Waals surface area contributed by atoms with E-state index in [9.17, 15) is 23.3 Å². The van der Waals surface area contributed by atoms with Gasteiger partial charge in [0.2, 0.25) is 0 Å². The van der Waals surface area contributed by atoms with E-state index in [1.165, 1.54) is 24.3 Å². The third-order valence-corrected chi connectivity index (χ3v) is 4.21. The van der Waals surface area contributed by atoms with Crippen LogP contribution in [0.2, 0.25) is 0 Å². The highest BCUT2D eigenvalue weighted by Crippen LogP contribution is 2.26. The van der Waals surface area contributed by atoms with E-state index in [0.29, 0.717) is 6.29 Å². The molecule has 0 saturated heterocycles. The van der Waals surface area contributed by atoms with Crippen LogP contribution < -0.4 is 0 Å². The maximum absolute atomic E-state index is 12.2. The summed E-state index contributed by atoms with van der Waals surface area (Å²) in [4.78, 5) is 20.2. The first-order valence-corrected chi connectivity index (χ1v) is 7.09. The number of aldehydes is 1. The monoisotopic (exact) mass is 295 g/mol. The maximum Gasteiger partial charge on any atom is 0.287 e. The summed E-state index contributed by atoms with van der Waals surface area (Å²) in [7, 11) is -3.94. The summed E-state index contributed by atoms with van der Waals surface area (Å²) in [6, 6.07) is 7.74. The molecule has 0 radical (unpaired) electrons. The minimum absolute atomic E-state index is 0.00207. The number of hydrogen-bond donors (Lipinski definition) is 0. The van der Waals surface area contributed by atoms with Gasteiger partial charge in [0.05, 0.1) is 4.92 Å². The van der Waals surface area contributed by atoms with E-state index >= 15 is 0 Å². The van der Waals surface area contributed by atoms with Crippen LogP contribution in [-0.4, -0.2) is 19.6 Å². The van der Waals surface area contributed by atoms with Gasteiger partial charge in [0.15, 0.2) is 21.9 Å². The molecular weight excluding hydrogens is 286 g/mol. The molecule has 2 rings (SSSR count). The summed E-state index contributed by atoms with van der Waals surface area (Å²) in [5.74, 6) is -0.505. The predicted molar refractivity (Wildman–Crippen MR) is 68.1 cm³/mol. The number of hydrogen-bond acceptors (Lipinski definition) is 6. The average Bonchev–Trinajstić information content (AvgIpc) is 2.85. The molecule has 7 nitrogen and oxygen atoms in total. The molecule has 0 aliphatic heterocycles. The Morgan fingerprint density at radius 1 is 1.20 bits per heavy atom. The summed E-state index contributed by atoms with van der Waals surface area (Å²) in [6.45, 7) is 0. The van der Waals surface area contributed by atoms with Crippen molar-refractivity contribution in [2.45, 2.75) is 10.6 Å². The van der Waals surface area contributed by atoms with Gasteiger partial charge in [-0.2, -0.15) is 0 Å². The summed E-state index contributed by atoms with van der Waals surface area (Å²) < 4.78 is 29.3. The number of carbonyl (C=O) groups excluding carboxylic acids is 1. The second-order valence-electron chi connectivity index (χ2n) is 3.91. The van der Waals surface area contributed by atoms with E-state index in [0.717, 1.165) is 12.1 Å². The van der Waals surface area contributed by atoms with Crippen molar-refractivity contribution in [2.24, 2.45) is 0 Å². The van der Waals surface area contributed by atoms with E-state index in [4.69, 9.17) is 4.42 Å². The number of nitrogens with zero attached hydrogens (tertiary/aromatic N) is 1. The van der Waals surface area contributed by atoms with Crippen molar-refractivity contribution < 1.29 is 22.6 Å². The molecule has 0 spiro atoms. The quantitative estimate of drug-likeness (QED) is 0.474. The Bertz CT molecular complexity index is 762. The normalized spacial score (nSPS) is 11.2. The summed E-state index contributed by atoms with van der Waals surface area (Å²) >= 11 is 0. The molecule has 8 heteroatoms. The number of furan rings is 1. The Balaban J connectivity index is 2.40. The van der Waals surface area contributed by atoms with Gasteiger partial charge in [-0.05, 0) is 18.2 Å². The molecule has 0 unspecified atom stereocenters. The van der Waals surface area contributed by atoms with Gasteiger partial charge in [-0.25, -0.2) is 8.42 Å². The van der Waals surface area contributed by atoms with Crippen LogP contribution in [0.4, 0.5) is 5.69 Å². The van der Waals surface area contributed by atoms with Crippen molar-refractivity contribution in [3.8, 4) is 0 Å². The number of nitro groups is 1. The molecule has 104 valence electrons. The zero-order valence-electron chi connectivity index (χ0n) is 10.1. The summed E-state index contributed by atoms with van der Waals surface area (Å²) in [6.07, 6.45) is 0.446. The van der Waals surface area contributed by atoms with E-state index < -0.39 is 26.2 Å². The number of benzene rings is 1. The minimum Gasteiger partial charge on any atom is -0.457 e. The molecule has 0 amide bonds. The first kappa shape index (κ1) is 13.9. The first-order chi connectivity index (χ1) is 9.44. The Morgan fingerprint density at radius 2 is 1.90 bits per heavy atom. The number of rotatable bonds is 5. The number of para-hydroxylation sites is 1. The molecule has 0 atom stereocenters. The van der Waals surface area contributed by atoms with Gasteiger partial charge < -0.3 is 4.42 Å². The molecule has 0 aliphatic rings. The van der Waals surface area contributed by atoms with Crippen molar-refractivity contribution in [2.75, 3.05) is 0 Å². The molecule has 0 aliphatic carbocycles. The lowest BCUT2D eigenvalue weighted by Gasteiger charge is -2.03. The van der Waals surface area contributed by atoms with Gasteiger partial charge in [0, 0.05) is 6.07 Å². The molecule has 0 bridgehead atoms. The molecule has 1 aromatic carbocycles. The van der Waals surface area contributed by atoms with E-state index in [2.05, 4.69) is 0 Å². The van der Waals surface area contributed by atoms with Crippen LogP contribution in [-0.2, 0) is 15.6 Å². The SMILES string of the molecule is O=Cc1ccc(CS(=O)(=O)c2ccccc2[N+](=O)[O-])o1. The fourth-order valence-corrected chi connectivity index (χ4v) is 3.10. The lowest BCUT2D eigenvalue weighted by molar-refractivity contribution is -0.387. The zero-order valence-corrected chi connectivity index (χ0v) is 10.9. The molecule has 1 aromatic heterocycles. The Kier molecular flexibility index (Phi) is 3.66. The fourth-order valence-electron chi connectivity index (χ4n) is 1.67. The van der Waals surface area contributed by atoms with Crippen LogP contribution in [0.1, 0.15) is 16.3 Å². The van der Waals surface area contributed by atoms with Crippen LogP contribution in [0.3, 0.4) is 0 Å². The third-order valence-electron chi connectivity index (χ3n) is 2.53. The highest BCUT2D eigenvalue weighted by molar-refractivity contribution is 7.90. The van der Waals surface area contributed by atoms with E-state index in [1.807, 2.05) is 0 Å². The van der Waals surface area contributed by atoms with Crippen molar-refractivity contribution in [3.05, 3.63) is 58.0 Å². The lowest BCUT2D eigenvalue weighted by Crippen LogP contribution is -2.07. The molecule has 20 heavy (non-hydrogen) atoms. The smallest absolute Gasteiger partial charge is 0.287 e. The van der Waals surface area contributed by atoms with Gasteiger partial charge >= 0.3 is 0 Å². The minimum atomic E-state index is -3.94. The van der Waals surface area contributed by atoms with Crippen LogP contribution in [0.25, 0.3) is 0 Å². The number of nitro benzene ring substituents is 1. The topological polar surface area (TPSA) is 107 Å². The van der Waals surface area contributed by atoms with Crippen molar-refractivity contribution in [3.63, 3.8) is 0 Å². The fraction of sp³-hybridized carbons (Fsp3) is 0.0833.